The summed E-state index contributed by atoms with van der Waals surface area (Å²) < 4.78 is 0. The molecule has 0 aromatic heterocycles. The van der Waals surface area contributed by atoms with Gasteiger partial charge in [-0.1, -0.05) is 58.6 Å². The Morgan fingerprint density at radius 2 is 1.47 bits per heavy atom. The minimum atomic E-state index is 1.13. The van der Waals surface area contributed by atoms with Crippen LogP contribution in [0.4, 0.5) is 0 Å². The molecule has 15 heavy (non-hydrogen) atoms. The van der Waals surface area contributed by atoms with E-state index in [9.17, 15) is 0 Å². The third kappa shape index (κ3) is 9.99. The SMILES string of the molecule is CCCCCCC/C=C\CN(CC)CC. The van der Waals surface area contributed by atoms with Crippen LogP contribution in [0.25, 0.3) is 0 Å². The smallest absolute Gasteiger partial charge is 0.0162 e. The molecule has 0 unspecified atom stereocenters. The standard InChI is InChI=1S/C14H29N/c1-4-7-8-9-10-11-12-13-14-15(5-2)6-3/h12-13H,4-11,14H2,1-3H3/b13-12-. The van der Waals surface area contributed by atoms with E-state index in [-0.39, 0.29) is 0 Å². The predicted molar refractivity (Wildman–Crippen MR) is 70.3 cm³/mol. The Labute approximate surface area is 96.6 Å². The molecular weight excluding hydrogens is 182 g/mol. The van der Waals surface area contributed by atoms with E-state index in [1.807, 2.05) is 0 Å². The second-order valence-corrected chi connectivity index (χ2v) is 4.16. The Bertz CT molecular complexity index is 136. The van der Waals surface area contributed by atoms with E-state index < -0.39 is 0 Å². The van der Waals surface area contributed by atoms with Gasteiger partial charge in [0.2, 0.25) is 0 Å². The molecule has 0 fully saturated rings. The van der Waals surface area contributed by atoms with Gasteiger partial charge in [-0.2, -0.15) is 0 Å². The minimum Gasteiger partial charge on any atom is -0.300 e. The maximum absolute atomic E-state index is 2.44. The summed E-state index contributed by atoms with van der Waals surface area (Å²) in [6.07, 6.45) is 12.9. The Balaban J connectivity index is 3.23. The molecule has 0 heterocycles. The summed E-state index contributed by atoms with van der Waals surface area (Å²) in [4.78, 5) is 2.44. The third-order valence-corrected chi connectivity index (χ3v) is 2.90. The molecular formula is C14H29N. The average molecular weight is 211 g/mol. The lowest BCUT2D eigenvalue weighted by Gasteiger charge is -2.14. The second-order valence-electron chi connectivity index (χ2n) is 4.16. The van der Waals surface area contributed by atoms with Crippen molar-refractivity contribution >= 4 is 0 Å². The highest BCUT2D eigenvalue weighted by Gasteiger charge is 1.93. The first-order valence-corrected chi connectivity index (χ1v) is 6.72. The Hall–Kier alpha value is -0.300. The molecule has 0 aliphatic rings. The molecule has 90 valence electrons. The summed E-state index contributed by atoms with van der Waals surface area (Å²) in [7, 11) is 0. The maximum Gasteiger partial charge on any atom is 0.0162 e. The first-order valence-electron chi connectivity index (χ1n) is 6.72. The zero-order valence-electron chi connectivity index (χ0n) is 11.0. The molecule has 0 bridgehead atoms. The van der Waals surface area contributed by atoms with Crippen molar-refractivity contribution in [1.29, 1.82) is 0 Å². The number of hydrogen-bond acceptors (Lipinski definition) is 1. The van der Waals surface area contributed by atoms with Crippen molar-refractivity contribution in [1.82, 2.24) is 4.90 Å². The van der Waals surface area contributed by atoms with Crippen LogP contribution >= 0.6 is 0 Å². The van der Waals surface area contributed by atoms with E-state index in [1.54, 1.807) is 0 Å². The van der Waals surface area contributed by atoms with Gasteiger partial charge in [-0.05, 0) is 25.9 Å². The van der Waals surface area contributed by atoms with E-state index in [0.29, 0.717) is 0 Å². The highest BCUT2D eigenvalue weighted by Crippen LogP contribution is 2.05. The molecule has 0 aromatic rings. The molecule has 0 saturated carbocycles. The van der Waals surface area contributed by atoms with Gasteiger partial charge in [-0.3, -0.25) is 0 Å². The van der Waals surface area contributed by atoms with Crippen molar-refractivity contribution in [3.05, 3.63) is 12.2 Å². The van der Waals surface area contributed by atoms with Gasteiger partial charge in [0.25, 0.3) is 0 Å². The van der Waals surface area contributed by atoms with E-state index in [4.69, 9.17) is 0 Å². The molecule has 0 aliphatic heterocycles. The predicted octanol–water partition coefficient (Wildman–Crippen LogP) is 4.24. The highest BCUT2D eigenvalue weighted by molar-refractivity contribution is 4.84. The summed E-state index contributed by atoms with van der Waals surface area (Å²) in [5.41, 5.74) is 0. The van der Waals surface area contributed by atoms with Crippen molar-refractivity contribution < 1.29 is 0 Å². The van der Waals surface area contributed by atoms with Gasteiger partial charge >= 0.3 is 0 Å². The first-order chi connectivity index (χ1) is 7.35. The summed E-state index contributed by atoms with van der Waals surface area (Å²) in [5.74, 6) is 0. The fourth-order valence-corrected chi connectivity index (χ4v) is 1.69. The molecule has 0 radical (unpaired) electrons. The summed E-state index contributed by atoms with van der Waals surface area (Å²) in [6, 6.07) is 0. The van der Waals surface area contributed by atoms with Crippen LogP contribution in [0.3, 0.4) is 0 Å². The second kappa shape index (κ2) is 11.8. The van der Waals surface area contributed by atoms with Gasteiger partial charge in [-0.25, -0.2) is 0 Å². The Morgan fingerprint density at radius 3 is 2.07 bits per heavy atom. The lowest BCUT2D eigenvalue weighted by Crippen LogP contribution is -2.22. The number of rotatable bonds is 10. The van der Waals surface area contributed by atoms with E-state index in [2.05, 4.69) is 37.8 Å². The lowest BCUT2D eigenvalue weighted by molar-refractivity contribution is 0.337. The van der Waals surface area contributed by atoms with Gasteiger partial charge in [-0.15, -0.1) is 0 Å². The zero-order chi connectivity index (χ0) is 11.4. The van der Waals surface area contributed by atoms with Gasteiger partial charge in [0.15, 0.2) is 0 Å². The molecule has 0 aromatic carbocycles. The van der Waals surface area contributed by atoms with Crippen LogP contribution in [0.15, 0.2) is 12.2 Å². The molecule has 0 spiro atoms. The maximum atomic E-state index is 2.44. The Kier molecular flexibility index (Phi) is 11.5. The highest BCUT2D eigenvalue weighted by atomic mass is 15.1. The van der Waals surface area contributed by atoms with Crippen LogP contribution in [0.1, 0.15) is 59.3 Å². The van der Waals surface area contributed by atoms with Crippen molar-refractivity contribution in [2.24, 2.45) is 0 Å². The fourth-order valence-electron chi connectivity index (χ4n) is 1.69. The molecule has 0 amide bonds. The van der Waals surface area contributed by atoms with Gasteiger partial charge in [0, 0.05) is 6.54 Å². The van der Waals surface area contributed by atoms with Gasteiger partial charge < -0.3 is 4.90 Å². The van der Waals surface area contributed by atoms with Gasteiger partial charge in [0.05, 0.1) is 0 Å². The molecule has 0 saturated heterocycles. The first kappa shape index (κ1) is 14.7. The van der Waals surface area contributed by atoms with Crippen molar-refractivity contribution in [2.45, 2.75) is 59.3 Å². The van der Waals surface area contributed by atoms with Gasteiger partial charge in [0.1, 0.15) is 0 Å². The van der Waals surface area contributed by atoms with Crippen LogP contribution < -0.4 is 0 Å². The topological polar surface area (TPSA) is 3.24 Å². The molecule has 0 atom stereocenters. The number of hydrogen-bond donors (Lipinski definition) is 0. The molecule has 1 nitrogen and oxygen atoms in total. The van der Waals surface area contributed by atoms with E-state index in [0.717, 1.165) is 19.6 Å². The molecule has 0 N–H and O–H groups in total. The molecule has 1 heteroatoms. The summed E-state index contributed by atoms with van der Waals surface area (Å²) >= 11 is 0. The number of likely N-dealkylation sites (N-methyl/N-ethyl adjacent to an activating group) is 1. The average Bonchev–Trinajstić information content (AvgIpc) is 2.27. The van der Waals surface area contributed by atoms with Crippen molar-refractivity contribution in [3.63, 3.8) is 0 Å². The fraction of sp³-hybridized carbons (Fsp3) is 0.857. The quantitative estimate of drug-likeness (QED) is 0.386. The van der Waals surface area contributed by atoms with Crippen LogP contribution in [-0.4, -0.2) is 24.5 Å². The van der Waals surface area contributed by atoms with Crippen molar-refractivity contribution in [3.8, 4) is 0 Å². The van der Waals surface area contributed by atoms with Crippen LogP contribution in [0, 0.1) is 0 Å². The summed E-state index contributed by atoms with van der Waals surface area (Å²) in [5, 5.41) is 0. The van der Waals surface area contributed by atoms with E-state index >= 15 is 0 Å². The molecule has 0 rings (SSSR count). The minimum absolute atomic E-state index is 1.13. The zero-order valence-corrected chi connectivity index (χ0v) is 11.0. The largest absolute Gasteiger partial charge is 0.300 e. The van der Waals surface area contributed by atoms with Crippen LogP contribution in [0.5, 0.6) is 0 Å². The number of allylic oxidation sites excluding steroid dienone is 1. The molecule has 0 aliphatic carbocycles. The Morgan fingerprint density at radius 1 is 0.800 bits per heavy atom. The number of unbranched alkanes of at least 4 members (excludes halogenated alkanes) is 5. The number of nitrogens with zero attached hydrogens (tertiary/aromatic N) is 1. The van der Waals surface area contributed by atoms with Crippen molar-refractivity contribution in [2.75, 3.05) is 19.6 Å². The summed E-state index contributed by atoms with van der Waals surface area (Å²) in [6.45, 7) is 10.2. The van der Waals surface area contributed by atoms with Crippen LogP contribution in [0.2, 0.25) is 0 Å². The lowest BCUT2D eigenvalue weighted by atomic mass is 10.1. The van der Waals surface area contributed by atoms with Crippen LogP contribution in [-0.2, 0) is 0 Å². The third-order valence-electron chi connectivity index (χ3n) is 2.90. The normalized spacial score (nSPS) is 11.7. The monoisotopic (exact) mass is 211 g/mol. The van der Waals surface area contributed by atoms with E-state index in [1.165, 1.54) is 38.5 Å².